The van der Waals surface area contributed by atoms with Crippen molar-refractivity contribution in [3.63, 3.8) is 0 Å². The van der Waals surface area contributed by atoms with E-state index in [1.807, 2.05) is 41.3 Å². The van der Waals surface area contributed by atoms with Crippen molar-refractivity contribution in [3.05, 3.63) is 64.2 Å². The molecule has 0 atom stereocenters. The van der Waals surface area contributed by atoms with Gasteiger partial charge in [0.25, 0.3) is 0 Å². The van der Waals surface area contributed by atoms with Crippen molar-refractivity contribution in [2.24, 2.45) is 5.84 Å². The van der Waals surface area contributed by atoms with Crippen LogP contribution >= 0.6 is 0 Å². The number of carbonyl (C=O) groups excluding carboxylic acids is 2. The standard InChI is InChI=1S/C24H30N4O3/c1-17-19(5-8-21-22(17)16-31-24(21)30)9-10-27-11-13-28(14-12-27)23(29)15-18-3-6-20(7-4-18)26(2)25/h3-8H,9-16,25H2,1-2H3. The summed E-state index contributed by atoms with van der Waals surface area (Å²) in [7, 11) is 1.79. The van der Waals surface area contributed by atoms with Gasteiger partial charge in [0.2, 0.25) is 5.91 Å². The number of nitrogens with zero attached hydrogens (tertiary/aromatic N) is 3. The van der Waals surface area contributed by atoms with Crippen LogP contribution in [0.2, 0.25) is 0 Å². The van der Waals surface area contributed by atoms with Gasteiger partial charge in [-0.3, -0.25) is 9.69 Å². The third-order valence-corrected chi connectivity index (χ3v) is 6.40. The Morgan fingerprint density at radius 3 is 2.48 bits per heavy atom. The molecule has 4 rings (SSSR count). The molecule has 0 aromatic heterocycles. The van der Waals surface area contributed by atoms with E-state index in [0.29, 0.717) is 18.6 Å². The van der Waals surface area contributed by atoms with Crippen molar-refractivity contribution >= 4 is 17.6 Å². The van der Waals surface area contributed by atoms with E-state index in [9.17, 15) is 9.59 Å². The number of rotatable bonds is 6. The molecule has 0 radical (unpaired) electrons. The zero-order valence-electron chi connectivity index (χ0n) is 18.3. The predicted molar refractivity (Wildman–Crippen MR) is 120 cm³/mol. The zero-order valence-corrected chi connectivity index (χ0v) is 18.3. The highest BCUT2D eigenvalue weighted by molar-refractivity contribution is 5.93. The second-order valence-electron chi connectivity index (χ2n) is 8.38. The van der Waals surface area contributed by atoms with E-state index < -0.39 is 0 Å². The number of hydrazine groups is 1. The Balaban J connectivity index is 1.25. The van der Waals surface area contributed by atoms with Crippen molar-refractivity contribution in [1.82, 2.24) is 9.80 Å². The molecule has 1 fully saturated rings. The number of anilines is 1. The Hall–Kier alpha value is -2.90. The van der Waals surface area contributed by atoms with Crippen molar-refractivity contribution in [3.8, 4) is 0 Å². The number of cyclic esters (lactones) is 1. The van der Waals surface area contributed by atoms with Crippen LogP contribution in [-0.4, -0.2) is 61.4 Å². The number of carbonyl (C=O) groups is 2. The Kier molecular flexibility index (Phi) is 6.25. The van der Waals surface area contributed by atoms with Gasteiger partial charge < -0.3 is 14.6 Å². The Bertz CT molecular complexity index is 964. The fraction of sp³-hybridized carbons (Fsp3) is 0.417. The summed E-state index contributed by atoms with van der Waals surface area (Å²) in [6.07, 6.45) is 1.35. The van der Waals surface area contributed by atoms with Gasteiger partial charge in [0.05, 0.1) is 17.7 Å². The summed E-state index contributed by atoms with van der Waals surface area (Å²) in [6, 6.07) is 11.7. The first-order chi connectivity index (χ1) is 14.9. The van der Waals surface area contributed by atoms with Crippen molar-refractivity contribution < 1.29 is 14.3 Å². The first kappa shape index (κ1) is 21.3. The van der Waals surface area contributed by atoms with Crippen LogP contribution in [0.5, 0.6) is 0 Å². The van der Waals surface area contributed by atoms with E-state index in [2.05, 4.69) is 11.8 Å². The molecule has 7 nitrogen and oxygen atoms in total. The lowest BCUT2D eigenvalue weighted by molar-refractivity contribution is -0.132. The lowest BCUT2D eigenvalue weighted by atomic mass is 9.96. The Morgan fingerprint density at radius 2 is 1.81 bits per heavy atom. The average Bonchev–Trinajstić information content (AvgIpc) is 3.15. The second kappa shape index (κ2) is 9.08. The average molecular weight is 423 g/mol. The third kappa shape index (κ3) is 4.73. The highest BCUT2D eigenvalue weighted by Gasteiger charge is 2.25. The van der Waals surface area contributed by atoms with E-state index in [1.165, 1.54) is 11.1 Å². The van der Waals surface area contributed by atoms with Gasteiger partial charge in [0.15, 0.2) is 0 Å². The van der Waals surface area contributed by atoms with Gasteiger partial charge in [-0.1, -0.05) is 18.2 Å². The van der Waals surface area contributed by atoms with Crippen molar-refractivity contribution in [1.29, 1.82) is 0 Å². The quantitative estimate of drug-likeness (QED) is 0.435. The summed E-state index contributed by atoms with van der Waals surface area (Å²) in [5.41, 5.74) is 6.10. The molecule has 2 aliphatic rings. The minimum absolute atomic E-state index is 0.174. The summed E-state index contributed by atoms with van der Waals surface area (Å²) in [4.78, 5) is 28.8. The molecule has 7 heteroatoms. The number of amides is 1. The molecule has 0 unspecified atom stereocenters. The molecule has 0 spiro atoms. The van der Waals surface area contributed by atoms with Crippen LogP contribution in [0.4, 0.5) is 5.69 Å². The number of nitrogens with two attached hydrogens (primary N) is 1. The topological polar surface area (TPSA) is 79.1 Å². The molecular formula is C24H30N4O3. The minimum Gasteiger partial charge on any atom is -0.457 e. The molecule has 2 aliphatic heterocycles. The first-order valence-corrected chi connectivity index (χ1v) is 10.8. The highest BCUT2D eigenvalue weighted by Crippen LogP contribution is 2.26. The van der Waals surface area contributed by atoms with Gasteiger partial charge in [0.1, 0.15) is 6.61 Å². The van der Waals surface area contributed by atoms with Crippen molar-refractivity contribution in [2.45, 2.75) is 26.4 Å². The Labute approximate surface area is 183 Å². The molecule has 0 aliphatic carbocycles. The van der Waals surface area contributed by atoms with E-state index in [1.54, 1.807) is 12.1 Å². The molecule has 0 saturated carbocycles. The van der Waals surface area contributed by atoms with E-state index >= 15 is 0 Å². The number of fused-ring (bicyclic) bond motifs is 1. The SMILES string of the molecule is Cc1c(CCN2CCN(C(=O)Cc3ccc(N(C)N)cc3)CC2)ccc2c1COC2=O. The number of ether oxygens (including phenoxy) is 1. The van der Waals surface area contributed by atoms with Gasteiger partial charge in [-0.2, -0.15) is 0 Å². The first-order valence-electron chi connectivity index (χ1n) is 10.8. The van der Waals surface area contributed by atoms with Crippen LogP contribution in [0.25, 0.3) is 0 Å². The second-order valence-corrected chi connectivity index (χ2v) is 8.38. The summed E-state index contributed by atoms with van der Waals surface area (Å²) in [5, 5.41) is 1.56. The number of benzene rings is 2. The highest BCUT2D eigenvalue weighted by atomic mass is 16.5. The van der Waals surface area contributed by atoms with Crippen LogP contribution in [0.15, 0.2) is 36.4 Å². The van der Waals surface area contributed by atoms with Gasteiger partial charge in [-0.05, 0) is 48.2 Å². The summed E-state index contributed by atoms with van der Waals surface area (Å²) >= 11 is 0. The number of hydrogen-bond donors (Lipinski definition) is 1. The normalized spacial score (nSPS) is 16.2. The van der Waals surface area contributed by atoms with Gasteiger partial charge in [-0.25, -0.2) is 10.6 Å². The predicted octanol–water partition coefficient (Wildman–Crippen LogP) is 1.90. The van der Waals surface area contributed by atoms with Gasteiger partial charge in [-0.15, -0.1) is 0 Å². The fourth-order valence-electron chi connectivity index (χ4n) is 4.30. The molecule has 2 aromatic rings. The van der Waals surface area contributed by atoms with Crippen molar-refractivity contribution in [2.75, 3.05) is 44.8 Å². The summed E-state index contributed by atoms with van der Waals surface area (Å²) in [6.45, 7) is 6.69. The molecule has 1 saturated heterocycles. The van der Waals surface area contributed by atoms with Crippen LogP contribution in [0.3, 0.4) is 0 Å². The maximum absolute atomic E-state index is 12.7. The molecule has 2 heterocycles. The minimum atomic E-state index is -0.215. The van der Waals surface area contributed by atoms with Crippen LogP contribution in [0.1, 0.15) is 32.6 Å². The molecule has 1 amide bonds. The Morgan fingerprint density at radius 1 is 1.10 bits per heavy atom. The lowest BCUT2D eigenvalue weighted by Gasteiger charge is -2.35. The van der Waals surface area contributed by atoms with E-state index in [-0.39, 0.29) is 11.9 Å². The molecule has 164 valence electrons. The lowest BCUT2D eigenvalue weighted by Crippen LogP contribution is -2.49. The molecule has 2 aromatic carbocycles. The third-order valence-electron chi connectivity index (χ3n) is 6.40. The monoisotopic (exact) mass is 422 g/mol. The van der Waals surface area contributed by atoms with E-state index in [0.717, 1.165) is 56.0 Å². The summed E-state index contributed by atoms with van der Waals surface area (Å²) in [5.74, 6) is 5.69. The zero-order chi connectivity index (χ0) is 22.0. The molecular weight excluding hydrogens is 392 g/mol. The fourth-order valence-corrected chi connectivity index (χ4v) is 4.30. The molecule has 0 bridgehead atoms. The number of hydrogen-bond acceptors (Lipinski definition) is 6. The summed E-state index contributed by atoms with van der Waals surface area (Å²) < 4.78 is 5.15. The van der Waals surface area contributed by atoms with Crippen LogP contribution in [0, 0.1) is 6.92 Å². The maximum Gasteiger partial charge on any atom is 0.338 e. The molecule has 31 heavy (non-hydrogen) atoms. The largest absolute Gasteiger partial charge is 0.457 e. The molecule has 2 N–H and O–H groups in total. The van der Waals surface area contributed by atoms with Gasteiger partial charge in [0, 0.05) is 45.3 Å². The number of piperazine rings is 1. The smallest absolute Gasteiger partial charge is 0.338 e. The van der Waals surface area contributed by atoms with Crippen LogP contribution in [-0.2, 0) is 29.0 Å². The van der Waals surface area contributed by atoms with Gasteiger partial charge >= 0.3 is 5.97 Å². The number of esters is 1. The van der Waals surface area contributed by atoms with Crippen LogP contribution < -0.4 is 10.9 Å². The maximum atomic E-state index is 12.7. The van der Waals surface area contributed by atoms with E-state index in [4.69, 9.17) is 10.6 Å².